The molecule has 0 aromatic carbocycles. The highest BCUT2D eigenvalue weighted by molar-refractivity contribution is 5.95. The lowest BCUT2D eigenvalue weighted by molar-refractivity contribution is -0.123. The quantitative estimate of drug-likeness (QED) is 0.723. The summed E-state index contributed by atoms with van der Waals surface area (Å²) < 4.78 is 5.07. The Morgan fingerprint density at radius 2 is 2.04 bits per heavy atom. The molecule has 2 amide bonds. The molecular weight excluding hydrogens is 292 g/mol. The van der Waals surface area contributed by atoms with Crippen molar-refractivity contribution in [2.75, 3.05) is 6.54 Å². The van der Waals surface area contributed by atoms with Gasteiger partial charge in [-0.15, -0.1) is 0 Å². The number of amides is 2. The van der Waals surface area contributed by atoms with Crippen molar-refractivity contribution in [3.8, 4) is 0 Å². The minimum absolute atomic E-state index is 0.0174. The molecule has 5 heteroatoms. The molecule has 128 valence electrons. The molecule has 0 radical (unpaired) electrons. The van der Waals surface area contributed by atoms with Crippen LogP contribution < -0.4 is 10.6 Å². The zero-order valence-electron chi connectivity index (χ0n) is 14.1. The molecule has 0 bridgehead atoms. The monoisotopic (exact) mass is 320 g/mol. The molecule has 1 aromatic rings. The molecule has 1 aliphatic rings. The van der Waals surface area contributed by atoms with Gasteiger partial charge < -0.3 is 15.1 Å². The Labute approximate surface area is 138 Å². The molecule has 0 spiro atoms. The summed E-state index contributed by atoms with van der Waals surface area (Å²) in [5.74, 6) is 0.612. The largest absolute Gasteiger partial charge is 0.459 e. The Morgan fingerprint density at radius 1 is 1.30 bits per heavy atom. The second kappa shape index (κ2) is 8.75. The minimum atomic E-state index is -0.543. The molecule has 1 unspecified atom stereocenters. The summed E-state index contributed by atoms with van der Waals surface area (Å²) in [6.45, 7) is 4.52. The van der Waals surface area contributed by atoms with Crippen LogP contribution in [0.15, 0.2) is 22.8 Å². The zero-order chi connectivity index (χ0) is 16.7. The molecule has 1 aliphatic carbocycles. The van der Waals surface area contributed by atoms with Gasteiger partial charge in [-0.25, -0.2) is 0 Å². The topological polar surface area (TPSA) is 71.3 Å². The van der Waals surface area contributed by atoms with E-state index in [9.17, 15) is 9.59 Å². The molecule has 1 atom stereocenters. The predicted molar refractivity (Wildman–Crippen MR) is 89.0 cm³/mol. The summed E-state index contributed by atoms with van der Waals surface area (Å²) in [5, 5.41) is 5.71. The molecule has 1 saturated carbocycles. The third-order valence-corrected chi connectivity index (χ3v) is 4.54. The van der Waals surface area contributed by atoms with Crippen LogP contribution in [0.2, 0.25) is 0 Å². The summed E-state index contributed by atoms with van der Waals surface area (Å²) >= 11 is 0. The molecule has 1 aromatic heterocycles. The van der Waals surface area contributed by atoms with Gasteiger partial charge in [0.1, 0.15) is 6.04 Å². The lowest BCUT2D eigenvalue weighted by atomic mass is 10.0. The summed E-state index contributed by atoms with van der Waals surface area (Å²) in [6, 6.07) is 2.70. The Kier molecular flexibility index (Phi) is 6.68. The second-order valence-corrected chi connectivity index (χ2v) is 6.76. The first-order chi connectivity index (χ1) is 11.1. The maximum atomic E-state index is 12.3. The molecule has 2 rings (SSSR count). The molecule has 1 heterocycles. The van der Waals surface area contributed by atoms with Crippen LogP contribution in [0, 0.1) is 11.8 Å². The molecule has 0 aliphatic heterocycles. The van der Waals surface area contributed by atoms with Crippen LogP contribution in [-0.4, -0.2) is 24.4 Å². The van der Waals surface area contributed by atoms with E-state index in [4.69, 9.17) is 4.42 Å². The third-order valence-electron chi connectivity index (χ3n) is 4.54. The summed E-state index contributed by atoms with van der Waals surface area (Å²) in [7, 11) is 0. The van der Waals surface area contributed by atoms with Crippen molar-refractivity contribution in [2.45, 2.75) is 58.4 Å². The highest BCUT2D eigenvalue weighted by Crippen LogP contribution is 2.28. The molecule has 23 heavy (non-hydrogen) atoms. The summed E-state index contributed by atoms with van der Waals surface area (Å²) in [4.78, 5) is 24.4. The number of furan rings is 1. The van der Waals surface area contributed by atoms with Crippen LogP contribution >= 0.6 is 0 Å². The number of carbonyl (C=O) groups excluding carboxylic acids is 2. The lowest BCUT2D eigenvalue weighted by Gasteiger charge is -2.21. The van der Waals surface area contributed by atoms with Gasteiger partial charge in [0, 0.05) is 6.54 Å². The van der Waals surface area contributed by atoms with Gasteiger partial charge in [0.25, 0.3) is 5.91 Å². The van der Waals surface area contributed by atoms with Crippen molar-refractivity contribution in [2.24, 2.45) is 11.8 Å². The highest BCUT2D eigenvalue weighted by Gasteiger charge is 2.25. The second-order valence-electron chi connectivity index (χ2n) is 6.76. The normalized spacial score (nSPS) is 16.5. The van der Waals surface area contributed by atoms with Gasteiger partial charge in [0.2, 0.25) is 5.91 Å². The van der Waals surface area contributed by atoms with E-state index >= 15 is 0 Å². The first-order valence-electron chi connectivity index (χ1n) is 8.70. The molecular formula is C18H28N2O3. The Balaban J connectivity index is 1.75. The van der Waals surface area contributed by atoms with Crippen LogP contribution in [0.5, 0.6) is 0 Å². The predicted octanol–water partition coefficient (Wildman–Crippen LogP) is 3.12. The van der Waals surface area contributed by atoms with E-state index in [0.29, 0.717) is 6.54 Å². The third kappa shape index (κ3) is 5.41. The number of nitrogens with one attached hydrogen (secondary N) is 2. The Morgan fingerprint density at radius 3 is 2.65 bits per heavy atom. The van der Waals surface area contributed by atoms with Gasteiger partial charge in [0.15, 0.2) is 5.76 Å². The summed E-state index contributed by atoms with van der Waals surface area (Å²) in [6.07, 6.45) is 9.02. The summed E-state index contributed by atoms with van der Waals surface area (Å²) in [5.41, 5.74) is 0. The molecule has 2 N–H and O–H groups in total. The van der Waals surface area contributed by atoms with Crippen molar-refractivity contribution in [3.63, 3.8) is 0 Å². The van der Waals surface area contributed by atoms with Crippen LogP contribution in [0.4, 0.5) is 0 Å². The Hall–Kier alpha value is -1.78. The highest BCUT2D eigenvalue weighted by atomic mass is 16.3. The van der Waals surface area contributed by atoms with Gasteiger partial charge in [-0.05, 0) is 36.8 Å². The van der Waals surface area contributed by atoms with Gasteiger partial charge in [-0.2, -0.15) is 0 Å². The van der Waals surface area contributed by atoms with E-state index in [2.05, 4.69) is 10.6 Å². The molecule has 0 saturated heterocycles. The van der Waals surface area contributed by atoms with E-state index in [0.717, 1.165) is 12.3 Å². The van der Waals surface area contributed by atoms with Crippen molar-refractivity contribution in [1.82, 2.24) is 10.6 Å². The van der Waals surface area contributed by atoms with Gasteiger partial charge in [-0.3, -0.25) is 9.59 Å². The Bertz CT molecular complexity index is 490. The van der Waals surface area contributed by atoms with E-state index in [1.807, 2.05) is 13.8 Å². The van der Waals surface area contributed by atoms with Crippen LogP contribution in [0.3, 0.4) is 0 Å². The van der Waals surface area contributed by atoms with E-state index in [1.165, 1.54) is 38.4 Å². The molecule has 5 nitrogen and oxygen atoms in total. The average molecular weight is 320 g/mol. The number of carbonyl (C=O) groups is 2. The number of hydrogen-bond donors (Lipinski definition) is 2. The van der Waals surface area contributed by atoms with Crippen molar-refractivity contribution < 1.29 is 14.0 Å². The van der Waals surface area contributed by atoms with Crippen molar-refractivity contribution >= 4 is 11.8 Å². The first-order valence-corrected chi connectivity index (χ1v) is 8.70. The fraction of sp³-hybridized carbons (Fsp3) is 0.667. The lowest BCUT2D eigenvalue weighted by Crippen LogP contribution is -2.49. The van der Waals surface area contributed by atoms with Crippen LogP contribution in [0.1, 0.15) is 62.9 Å². The van der Waals surface area contributed by atoms with Crippen LogP contribution in [0.25, 0.3) is 0 Å². The van der Waals surface area contributed by atoms with Crippen molar-refractivity contribution in [1.29, 1.82) is 0 Å². The fourth-order valence-electron chi connectivity index (χ4n) is 3.17. The van der Waals surface area contributed by atoms with Gasteiger partial charge in [0.05, 0.1) is 6.26 Å². The minimum Gasteiger partial charge on any atom is -0.459 e. The van der Waals surface area contributed by atoms with Gasteiger partial charge >= 0.3 is 0 Å². The maximum Gasteiger partial charge on any atom is 0.287 e. The average Bonchev–Trinajstić information content (AvgIpc) is 3.21. The number of rotatable bonds is 8. The van der Waals surface area contributed by atoms with Gasteiger partial charge in [-0.1, -0.05) is 39.5 Å². The standard InChI is InChI=1S/C18H28N2O3/c1-13(2)16(20-17(21)15-10-6-12-23-15)18(22)19-11-5-9-14-7-3-4-8-14/h6,10,12-14,16H,3-5,7-9,11H2,1-2H3,(H,19,22)(H,20,21). The fourth-order valence-corrected chi connectivity index (χ4v) is 3.17. The molecule has 1 fully saturated rings. The van der Waals surface area contributed by atoms with E-state index in [1.54, 1.807) is 12.1 Å². The van der Waals surface area contributed by atoms with Crippen LogP contribution in [-0.2, 0) is 4.79 Å². The zero-order valence-corrected chi connectivity index (χ0v) is 14.1. The van der Waals surface area contributed by atoms with E-state index < -0.39 is 6.04 Å². The smallest absolute Gasteiger partial charge is 0.287 e. The SMILES string of the molecule is CC(C)C(NC(=O)c1ccco1)C(=O)NCCCC1CCCC1. The van der Waals surface area contributed by atoms with Crippen molar-refractivity contribution in [3.05, 3.63) is 24.2 Å². The number of hydrogen-bond acceptors (Lipinski definition) is 3. The maximum absolute atomic E-state index is 12.3. The first kappa shape index (κ1) is 17.6. The van der Waals surface area contributed by atoms with E-state index in [-0.39, 0.29) is 23.5 Å².